The first kappa shape index (κ1) is 12.9. The van der Waals surface area contributed by atoms with Gasteiger partial charge in [-0.3, -0.25) is 4.90 Å². The molecule has 102 valence electrons. The van der Waals surface area contributed by atoms with Crippen molar-refractivity contribution in [1.29, 1.82) is 0 Å². The van der Waals surface area contributed by atoms with E-state index in [1.165, 1.54) is 0 Å². The van der Waals surface area contributed by atoms with Crippen LogP contribution in [0.15, 0.2) is 42.5 Å². The Hall–Kier alpha value is -2.07. The number of halogens is 1. The molecule has 0 saturated carbocycles. The van der Waals surface area contributed by atoms with Gasteiger partial charge in [-0.15, -0.1) is 0 Å². The van der Waals surface area contributed by atoms with E-state index < -0.39 is 0 Å². The van der Waals surface area contributed by atoms with Crippen molar-refractivity contribution >= 4 is 23.3 Å². The Morgan fingerprint density at radius 1 is 1.20 bits per heavy atom. The highest BCUT2D eigenvalue weighted by Crippen LogP contribution is 2.28. The molecule has 0 N–H and O–H groups in total. The first-order valence-corrected chi connectivity index (χ1v) is 6.75. The molecule has 3 rings (SSSR count). The SMILES string of the molecule is CN1Cc2ccccc2N(Cc2cccc(Cl)n2)C1=O. The maximum atomic E-state index is 12.4. The van der Waals surface area contributed by atoms with Crippen LogP contribution in [0.5, 0.6) is 0 Å². The fourth-order valence-electron chi connectivity index (χ4n) is 2.39. The van der Waals surface area contributed by atoms with Crippen LogP contribution in [0.1, 0.15) is 11.3 Å². The summed E-state index contributed by atoms with van der Waals surface area (Å²) in [4.78, 5) is 20.1. The minimum absolute atomic E-state index is 0.0227. The van der Waals surface area contributed by atoms with Crippen LogP contribution < -0.4 is 4.90 Å². The molecule has 4 nitrogen and oxygen atoms in total. The third-order valence-electron chi connectivity index (χ3n) is 3.34. The lowest BCUT2D eigenvalue weighted by Gasteiger charge is -2.34. The van der Waals surface area contributed by atoms with Crippen molar-refractivity contribution in [2.75, 3.05) is 11.9 Å². The zero-order chi connectivity index (χ0) is 14.1. The van der Waals surface area contributed by atoms with Gasteiger partial charge in [-0.2, -0.15) is 0 Å². The lowest BCUT2D eigenvalue weighted by atomic mass is 10.1. The number of anilines is 1. The summed E-state index contributed by atoms with van der Waals surface area (Å²) in [6.45, 7) is 1.05. The predicted octanol–water partition coefficient (Wildman–Crippen LogP) is 3.31. The van der Waals surface area contributed by atoms with E-state index in [0.717, 1.165) is 16.9 Å². The maximum absolute atomic E-state index is 12.4. The van der Waals surface area contributed by atoms with Gasteiger partial charge in [0.15, 0.2) is 0 Å². The van der Waals surface area contributed by atoms with Crippen LogP contribution in [-0.2, 0) is 13.1 Å². The van der Waals surface area contributed by atoms with Gasteiger partial charge in [0.05, 0.1) is 17.9 Å². The topological polar surface area (TPSA) is 36.4 Å². The van der Waals surface area contributed by atoms with Gasteiger partial charge in [-0.05, 0) is 23.8 Å². The molecule has 2 aromatic rings. The van der Waals surface area contributed by atoms with Crippen molar-refractivity contribution in [2.24, 2.45) is 0 Å². The first-order valence-electron chi connectivity index (χ1n) is 6.37. The number of pyridine rings is 1. The van der Waals surface area contributed by atoms with Crippen LogP contribution >= 0.6 is 11.6 Å². The minimum Gasteiger partial charge on any atom is -0.323 e. The Balaban J connectivity index is 1.97. The molecule has 1 aromatic carbocycles. The lowest BCUT2D eigenvalue weighted by molar-refractivity contribution is 0.210. The maximum Gasteiger partial charge on any atom is 0.324 e. The monoisotopic (exact) mass is 287 g/mol. The second kappa shape index (κ2) is 5.13. The average molecular weight is 288 g/mol. The molecule has 5 heteroatoms. The van der Waals surface area contributed by atoms with E-state index in [2.05, 4.69) is 4.98 Å². The summed E-state index contributed by atoms with van der Waals surface area (Å²) >= 11 is 5.90. The van der Waals surface area contributed by atoms with E-state index in [-0.39, 0.29) is 6.03 Å². The molecule has 0 saturated heterocycles. The van der Waals surface area contributed by atoms with Crippen molar-refractivity contribution in [3.05, 3.63) is 58.9 Å². The number of rotatable bonds is 2. The van der Waals surface area contributed by atoms with Gasteiger partial charge < -0.3 is 4.90 Å². The van der Waals surface area contributed by atoms with E-state index >= 15 is 0 Å². The van der Waals surface area contributed by atoms with Crippen LogP contribution in [0.2, 0.25) is 5.15 Å². The third kappa shape index (κ3) is 2.34. The molecule has 20 heavy (non-hydrogen) atoms. The second-order valence-electron chi connectivity index (χ2n) is 4.81. The number of carbonyl (C=O) groups excluding carboxylic acids is 1. The van der Waals surface area contributed by atoms with Gasteiger partial charge in [-0.1, -0.05) is 35.9 Å². The number of benzene rings is 1. The molecule has 1 aromatic heterocycles. The van der Waals surface area contributed by atoms with E-state index in [0.29, 0.717) is 18.2 Å². The average Bonchev–Trinajstić information content (AvgIpc) is 2.44. The minimum atomic E-state index is -0.0227. The molecular weight excluding hydrogens is 274 g/mol. The largest absolute Gasteiger partial charge is 0.324 e. The zero-order valence-corrected chi connectivity index (χ0v) is 11.8. The smallest absolute Gasteiger partial charge is 0.323 e. The number of urea groups is 1. The normalized spacial score (nSPS) is 14.4. The number of amides is 2. The van der Waals surface area contributed by atoms with Crippen LogP contribution in [0.4, 0.5) is 10.5 Å². The number of hydrogen-bond donors (Lipinski definition) is 0. The highest BCUT2D eigenvalue weighted by Gasteiger charge is 2.27. The van der Waals surface area contributed by atoms with Crippen molar-refractivity contribution in [1.82, 2.24) is 9.88 Å². The van der Waals surface area contributed by atoms with Crippen LogP contribution in [0.3, 0.4) is 0 Å². The highest BCUT2D eigenvalue weighted by atomic mass is 35.5. The van der Waals surface area contributed by atoms with E-state index in [1.807, 2.05) is 36.4 Å². The van der Waals surface area contributed by atoms with Gasteiger partial charge in [0, 0.05) is 13.6 Å². The van der Waals surface area contributed by atoms with Gasteiger partial charge >= 0.3 is 6.03 Å². The Morgan fingerprint density at radius 3 is 2.80 bits per heavy atom. The Morgan fingerprint density at radius 2 is 2.00 bits per heavy atom. The molecule has 2 amide bonds. The third-order valence-corrected chi connectivity index (χ3v) is 3.55. The van der Waals surface area contributed by atoms with Gasteiger partial charge in [0.2, 0.25) is 0 Å². The standard InChI is InChI=1S/C15H14ClN3O/c1-18-9-11-5-2-3-7-13(11)19(15(18)20)10-12-6-4-8-14(16)17-12/h2-8H,9-10H2,1H3. The number of aromatic nitrogens is 1. The van der Waals surface area contributed by atoms with E-state index in [4.69, 9.17) is 11.6 Å². The van der Waals surface area contributed by atoms with Gasteiger partial charge in [0.1, 0.15) is 5.15 Å². The molecule has 0 aliphatic carbocycles. The van der Waals surface area contributed by atoms with Crippen LogP contribution in [0.25, 0.3) is 0 Å². The van der Waals surface area contributed by atoms with Crippen molar-refractivity contribution < 1.29 is 4.79 Å². The second-order valence-corrected chi connectivity index (χ2v) is 5.19. The molecule has 0 spiro atoms. The fraction of sp³-hybridized carbons (Fsp3) is 0.200. The van der Waals surface area contributed by atoms with Gasteiger partial charge in [-0.25, -0.2) is 9.78 Å². The van der Waals surface area contributed by atoms with Crippen molar-refractivity contribution in [3.8, 4) is 0 Å². The molecule has 1 aliphatic heterocycles. The Labute approximate surface area is 122 Å². The number of carbonyl (C=O) groups is 1. The highest BCUT2D eigenvalue weighted by molar-refractivity contribution is 6.29. The Kier molecular flexibility index (Phi) is 3.32. The number of hydrogen-bond acceptors (Lipinski definition) is 2. The zero-order valence-electron chi connectivity index (χ0n) is 11.1. The van der Waals surface area contributed by atoms with E-state index in [1.54, 1.807) is 22.9 Å². The van der Waals surface area contributed by atoms with E-state index in [9.17, 15) is 4.79 Å². The summed E-state index contributed by atoms with van der Waals surface area (Å²) in [5.41, 5.74) is 2.85. The lowest BCUT2D eigenvalue weighted by Crippen LogP contribution is -2.44. The molecule has 0 unspecified atom stereocenters. The van der Waals surface area contributed by atoms with Crippen LogP contribution in [0, 0.1) is 0 Å². The molecule has 0 fully saturated rings. The molecule has 0 bridgehead atoms. The summed E-state index contributed by atoms with van der Waals surface area (Å²) in [7, 11) is 1.80. The molecule has 0 radical (unpaired) electrons. The predicted molar refractivity (Wildman–Crippen MR) is 78.7 cm³/mol. The molecular formula is C15H14ClN3O. The first-order chi connectivity index (χ1) is 9.65. The molecule has 0 atom stereocenters. The number of fused-ring (bicyclic) bond motifs is 1. The van der Waals surface area contributed by atoms with Crippen LogP contribution in [-0.4, -0.2) is 23.0 Å². The number of para-hydroxylation sites is 1. The summed E-state index contributed by atoms with van der Waals surface area (Å²) < 4.78 is 0. The Bertz CT molecular complexity index is 659. The quantitative estimate of drug-likeness (QED) is 0.795. The number of nitrogens with zero attached hydrogens (tertiary/aromatic N) is 3. The molecule has 2 heterocycles. The van der Waals surface area contributed by atoms with Gasteiger partial charge in [0.25, 0.3) is 0 Å². The summed E-state index contributed by atoms with van der Waals surface area (Å²) in [6.07, 6.45) is 0. The van der Waals surface area contributed by atoms with Crippen molar-refractivity contribution in [2.45, 2.75) is 13.1 Å². The van der Waals surface area contributed by atoms with Crippen molar-refractivity contribution in [3.63, 3.8) is 0 Å². The fourth-order valence-corrected chi connectivity index (χ4v) is 2.57. The summed E-state index contributed by atoms with van der Waals surface area (Å²) in [5.74, 6) is 0. The summed E-state index contributed by atoms with van der Waals surface area (Å²) in [5, 5.41) is 0.439. The summed E-state index contributed by atoms with van der Waals surface area (Å²) in [6, 6.07) is 13.3. The molecule has 1 aliphatic rings.